The van der Waals surface area contributed by atoms with Crippen LogP contribution < -0.4 is 5.32 Å². The number of nitrogens with one attached hydrogen (secondary N) is 1. The molecule has 3 rings (SSSR count). The Hall–Kier alpha value is -0.910. The summed E-state index contributed by atoms with van der Waals surface area (Å²) >= 11 is 0. The van der Waals surface area contributed by atoms with Gasteiger partial charge in [0.2, 0.25) is 10.0 Å². The van der Waals surface area contributed by atoms with Crippen LogP contribution in [0.2, 0.25) is 0 Å². The van der Waals surface area contributed by atoms with Crippen LogP contribution in [0.25, 0.3) is 0 Å². The number of sulfonamides is 1. The van der Waals surface area contributed by atoms with Gasteiger partial charge in [-0.3, -0.25) is 0 Å². The topological polar surface area (TPSA) is 49.4 Å². The molecule has 1 aromatic carbocycles. The molecule has 4 nitrogen and oxygen atoms in total. The summed E-state index contributed by atoms with van der Waals surface area (Å²) in [5.41, 5.74) is 0.987. The van der Waals surface area contributed by atoms with Crippen LogP contribution in [0.5, 0.6) is 0 Å². The van der Waals surface area contributed by atoms with E-state index in [2.05, 4.69) is 5.32 Å². The third kappa shape index (κ3) is 2.50. The molecule has 2 atom stereocenters. The minimum Gasteiger partial charge on any atom is -0.312 e. The van der Waals surface area contributed by atoms with Gasteiger partial charge in [-0.15, -0.1) is 0 Å². The zero-order valence-corrected chi connectivity index (χ0v) is 12.7. The van der Waals surface area contributed by atoms with E-state index >= 15 is 0 Å². The second-order valence-electron chi connectivity index (χ2n) is 5.84. The van der Waals surface area contributed by atoms with Crippen LogP contribution in [0.1, 0.15) is 31.2 Å². The SMILES string of the molecule is Cc1cccc(S(=O)(=O)N2CCCC2C2CCCN2)c1. The minimum atomic E-state index is -3.35. The Balaban J connectivity index is 1.89. The van der Waals surface area contributed by atoms with Crippen LogP contribution in [0.15, 0.2) is 29.2 Å². The zero-order chi connectivity index (χ0) is 14.2. The number of aryl methyl sites for hydroxylation is 1. The fourth-order valence-corrected chi connectivity index (χ4v) is 5.25. The standard InChI is InChI=1S/C15H22N2O2S/c1-12-5-2-6-13(11-12)20(18,19)17-10-4-8-15(17)14-7-3-9-16-14/h2,5-6,11,14-16H,3-4,7-10H2,1H3. The maximum absolute atomic E-state index is 12.9. The molecule has 2 aliphatic rings. The molecule has 2 fully saturated rings. The molecule has 5 heteroatoms. The van der Waals surface area contributed by atoms with Crippen molar-refractivity contribution in [2.24, 2.45) is 0 Å². The highest BCUT2D eigenvalue weighted by Gasteiger charge is 2.40. The van der Waals surface area contributed by atoms with E-state index in [0.717, 1.165) is 37.8 Å². The molecule has 2 saturated heterocycles. The van der Waals surface area contributed by atoms with Gasteiger partial charge in [-0.1, -0.05) is 12.1 Å². The quantitative estimate of drug-likeness (QED) is 0.926. The molecule has 0 saturated carbocycles. The largest absolute Gasteiger partial charge is 0.312 e. The summed E-state index contributed by atoms with van der Waals surface area (Å²) in [5, 5.41) is 3.46. The van der Waals surface area contributed by atoms with Gasteiger partial charge in [0.25, 0.3) is 0 Å². The van der Waals surface area contributed by atoms with Crippen molar-refractivity contribution in [2.45, 2.75) is 49.6 Å². The van der Waals surface area contributed by atoms with Gasteiger partial charge in [0.15, 0.2) is 0 Å². The lowest BCUT2D eigenvalue weighted by Crippen LogP contribution is -2.46. The Labute approximate surface area is 121 Å². The Bertz CT molecular complexity index is 579. The van der Waals surface area contributed by atoms with Gasteiger partial charge in [-0.2, -0.15) is 4.31 Å². The summed E-state index contributed by atoms with van der Waals surface area (Å²) in [4.78, 5) is 0.433. The minimum absolute atomic E-state index is 0.128. The predicted molar refractivity (Wildman–Crippen MR) is 79.1 cm³/mol. The first-order valence-electron chi connectivity index (χ1n) is 7.41. The molecule has 20 heavy (non-hydrogen) atoms. The van der Waals surface area contributed by atoms with Crippen molar-refractivity contribution in [1.82, 2.24) is 9.62 Å². The highest BCUT2D eigenvalue weighted by atomic mass is 32.2. The zero-order valence-electron chi connectivity index (χ0n) is 11.9. The molecule has 0 radical (unpaired) electrons. The normalized spacial score (nSPS) is 28.1. The van der Waals surface area contributed by atoms with Crippen LogP contribution in [-0.4, -0.2) is 37.9 Å². The van der Waals surface area contributed by atoms with Gasteiger partial charge in [0, 0.05) is 18.6 Å². The van der Waals surface area contributed by atoms with Gasteiger partial charge in [0.1, 0.15) is 0 Å². The number of hydrogen-bond acceptors (Lipinski definition) is 3. The Kier molecular flexibility index (Phi) is 3.84. The number of benzene rings is 1. The summed E-state index contributed by atoms with van der Waals surface area (Å²) in [7, 11) is -3.35. The van der Waals surface area contributed by atoms with Crippen molar-refractivity contribution in [3.63, 3.8) is 0 Å². The highest BCUT2D eigenvalue weighted by Crippen LogP contribution is 2.30. The van der Waals surface area contributed by atoms with Gasteiger partial charge < -0.3 is 5.32 Å². The van der Waals surface area contributed by atoms with E-state index in [1.165, 1.54) is 0 Å². The molecule has 2 unspecified atom stereocenters. The molecule has 2 aliphatic heterocycles. The molecule has 2 heterocycles. The average Bonchev–Trinajstić information content (AvgIpc) is 3.09. The van der Waals surface area contributed by atoms with E-state index in [1.54, 1.807) is 16.4 Å². The first-order chi connectivity index (χ1) is 9.59. The summed E-state index contributed by atoms with van der Waals surface area (Å²) < 4.78 is 27.4. The Morgan fingerprint density at radius 3 is 2.80 bits per heavy atom. The number of nitrogens with zero attached hydrogens (tertiary/aromatic N) is 1. The first kappa shape index (κ1) is 14.0. The molecule has 1 N–H and O–H groups in total. The van der Waals surface area contributed by atoms with Gasteiger partial charge in [-0.05, 0) is 56.8 Å². The second-order valence-corrected chi connectivity index (χ2v) is 7.74. The maximum atomic E-state index is 12.9. The van der Waals surface area contributed by atoms with Crippen LogP contribution in [-0.2, 0) is 10.0 Å². The van der Waals surface area contributed by atoms with Gasteiger partial charge in [0.05, 0.1) is 4.90 Å². The van der Waals surface area contributed by atoms with E-state index in [-0.39, 0.29) is 6.04 Å². The summed E-state index contributed by atoms with van der Waals surface area (Å²) in [6.45, 7) is 3.59. The lowest BCUT2D eigenvalue weighted by molar-refractivity contribution is 0.322. The molecular weight excluding hydrogens is 272 g/mol. The average molecular weight is 294 g/mol. The molecule has 0 spiro atoms. The van der Waals surface area contributed by atoms with E-state index in [9.17, 15) is 8.42 Å². The predicted octanol–water partition coefficient (Wildman–Crippen LogP) is 1.90. The van der Waals surface area contributed by atoms with Gasteiger partial charge >= 0.3 is 0 Å². The third-order valence-electron chi connectivity index (χ3n) is 4.41. The summed E-state index contributed by atoms with van der Waals surface area (Å²) in [6.07, 6.45) is 4.18. The number of rotatable bonds is 3. The lowest BCUT2D eigenvalue weighted by atomic mass is 10.1. The Morgan fingerprint density at radius 1 is 1.25 bits per heavy atom. The molecule has 110 valence electrons. The summed E-state index contributed by atoms with van der Waals surface area (Å²) in [6, 6.07) is 7.69. The van der Waals surface area contributed by atoms with Crippen molar-refractivity contribution in [2.75, 3.05) is 13.1 Å². The molecule has 0 aliphatic carbocycles. The van der Waals surface area contributed by atoms with Crippen molar-refractivity contribution in [3.05, 3.63) is 29.8 Å². The van der Waals surface area contributed by atoms with Crippen LogP contribution in [0, 0.1) is 6.92 Å². The smallest absolute Gasteiger partial charge is 0.243 e. The molecule has 0 amide bonds. The third-order valence-corrected chi connectivity index (χ3v) is 6.33. The van der Waals surface area contributed by atoms with Gasteiger partial charge in [-0.25, -0.2) is 8.42 Å². The van der Waals surface area contributed by atoms with E-state index < -0.39 is 10.0 Å². The van der Waals surface area contributed by atoms with Crippen molar-refractivity contribution in [3.8, 4) is 0 Å². The van der Waals surface area contributed by atoms with Crippen LogP contribution in [0.4, 0.5) is 0 Å². The van der Waals surface area contributed by atoms with Crippen molar-refractivity contribution < 1.29 is 8.42 Å². The maximum Gasteiger partial charge on any atom is 0.243 e. The molecule has 1 aromatic rings. The van der Waals surface area contributed by atoms with E-state index in [4.69, 9.17) is 0 Å². The van der Waals surface area contributed by atoms with E-state index in [0.29, 0.717) is 17.5 Å². The Morgan fingerprint density at radius 2 is 2.10 bits per heavy atom. The number of hydrogen-bond donors (Lipinski definition) is 1. The summed E-state index contributed by atoms with van der Waals surface area (Å²) in [5.74, 6) is 0. The first-order valence-corrected chi connectivity index (χ1v) is 8.85. The molecule has 0 aromatic heterocycles. The highest BCUT2D eigenvalue weighted by molar-refractivity contribution is 7.89. The fourth-order valence-electron chi connectivity index (χ4n) is 3.42. The lowest BCUT2D eigenvalue weighted by Gasteiger charge is -2.28. The fraction of sp³-hybridized carbons (Fsp3) is 0.600. The monoisotopic (exact) mass is 294 g/mol. The van der Waals surface area contributed by atoms with E-state index in [1.807, 2.05) is 19.1 Å². The van der Waals surface area contributed by atoms with Crippen LogP contribution in [0.3, 0.4) is 0 Å². The van der Waals surface area contributed by atoms with Crippen molar-refractivity contribution >= 4 is 10.0 Å². The molecular formula is C15H22N2O2S. The molecule has 0 bridgehead atoms. The second kappa shape index (κ2) is 5.47. The van der Waals surface area contributed by atoms with Crippen molar-refractivity contribution in [1.29, 1.82) is 0 Å². The van der Waals surface area contributed by atoms with Crippen LogP contribution >= 0.6 is 0 Å².